The van der Waals surface area contributed by atoms with Gasteiger partial charge in [0.15, 0.2) is 0 Å². The number of benzene rings is 1. The summed E-state index contributed by atoms with van der Waals surface area (Å²) in [6.07, 6.45) is 11.1. The molecule has 2 saturated carbocycles. The van der Waals surface area contributed by atoms with Crippen LogP contribution in [-0.2, 0) is 13.6 Å². The van der Waals surface area contributed by atoms with Crippen molar-refractivity contribution in [3.8, 4) is 0 Å². The molecule has 0 radical (unpaired) electrons. The highest BCUT2D eigenvalue weighted by molar-refractivity contribution is 7.55. The molecule has 5 heteroatoms. The molecule has 4 nitrogen and oxygen atoms in total. The highest BCUT2D eigenvalue weighted by Gasteiger charge is 2.34. The van der Waals surface area contributed by atoms with Gasteiger partial charge in [-0.3, -0.25) is 14.1 Å². The number of rotatable bonds is 6. The van der Waals surface area contributed by atoms with Crippen LogP contribution in [0.15, 0.2) is 24.3 Å². The molecule has 2 fully saturated rings. The van der Waals surface area contributed by atoms with Gasteiger partial charge in [0.2, 0.25) is 0 Å². The minimum atomic E-state index is -3.36. The van der Waals surface area contributed by atoms with Crippen LogP contribution in [0.3, 0.4) is 0 Å². The predicted octanol–water partition coefficient (Wildman–Crippen LogP) is 6.21. The first-order valence-corrected chi connectivity index (χ1v) is 11.0. The zero-order valence-corrected chi connectivity index (χ0v) is 15.6. The average Bonchev–Trinajstić information content (AvgIpc) is 2.58. The molecule has 0 unspecified atom stereocenters. The van der Waals surface area contributed by atoms with E-state index in [0.717, 1.165) is 62.6 Å². The molecule has 0 spiro atoms. The second kappa shape index (κ2) is 8.51. The normalized spacial score (nSPS) is 20.9. The fourth-order valence-corrected chi connectivity index (χ4v) is 5.56. The van der Waals surface area contributed by atoms with Crippen molar-refractivity contribution in [2.75, 3.05) is 5.09 Å². The van der Waals surface area contributed by atoms with Gasteiger partial charge in [-0.05, 0) is 44.2 Å². The molecule has 1 N–H and O–H groups in total. The van der Waals surface area contributed by atoms with Crippen LogP contribution in [0.25, 0.3) is 0 Å². The maximum Gasteiger partial charge on any atom is 0.433 e. The van der Waals surface area contributed by atoms with Crippen LogP contribution in [0.5, 0.6) is 0 Å². The molecule has 0 heterocycles. The van der Waals surface area contributed by atoms with E-state index in [-0.39, 0.29) is 12.2 Å². The van der Waals surface area contributed by atoms with Crippen LogP contribution in [0.2, 0.25) is 0 Å². The van der Waals surface area contributed by atoms with Crippen molar-refractivity contribution >= 4 is 13.4 Å². The lowest BCUT2D eigenvalue weighted by atomic mass is 9.98. The van der Waals surface area contributed by atoms with Gasteiger partial charge in [0.05, 0.1) is 12.2 Å². The Kier molecular flexibility index (Phi) is 6.37. The monoisotopic (exact) mass is 351 g/mol. The van der Waals surface area contributed by atoms with E-state index in [1.807, 2.05) is 31.2 Å². The molecule has 134 valence electrons. The fourth-order valence-electron chi connectivity index (χ4n) is 3.66. The Morgan fingerprint density at radius 3 is 1.88 bits per heavy atom. The standard InChI is InChI=1S/C19H30NO3P/c1-16-10-8-9-15-19(16)20-24(21,22-17-11-4-2-5-12-17)23-18-13-6-3-7-14-18/h8-10,15,17-18H,2-7,11-14H2,1H3,(H,20,21). The van der Waals surface area contributed by atoms with Gasteiger partial charge in [-0.25, -0.2) is 4.57 Å². The summed E-state index contributed by atoms with van der Waals surface area (Å²) in [6, 6.07) is 7.88. The second-order valence-corrected chi connectivity index (χ2v) is 8.80. The molecule has 0 bridgehead atoms. The van der Waals surface area contributed by atoms with Crippen molar-refractivity contribution in [1.29, 1.82) is 0 Å². The summed E-state index contributed by atoms with van der Waals surface area (Å²) in [5.41, 5.74) is 1.89. The number of hydrogen-bond donors (Lipinski definition) is 1. The lowest BCUT2D eigenvalue weighted by Gasteiger charge is -2.31. The molecule has 1 aromatic rings. The summed E-state index contributed by atoms with van der Waals surface area (Å²) in [5, 5.41) is 3.13. The maximum atomic E-state index is 13.5. The van der Waals surface area contributed by atoms with Gasteiger partial charge in [0, 0.05) is 5.69 Å². The van der Waals surface area contributed by atoms with Crippen LogP contribution in [0.4, 0.5) is 5.69 Å². The lowest BCUT2D eigenvalue weighted by molar-refractivity contribution is 0.0816. The molecule has 0 saturated heterocycles. The quantitative estimate of drug-likeness (QED) is 0.619. The molecular formula is C19H30NO3P. The summed E-state index contributed by atoms with van der Waals surface area (Å²) < 4.78 is 25.6. The third-order valence-corrected chi connectivity index (χ3v) is 6.75. The molecule has 24 heavy (non-hydrogen) atoms. The van der Waals surface area contributed by atoms with Crippen LogP contribution in [0.1, 0.15) is 69.8 Å². The molecule has 1 aromatic carbocycles. The van der Waals surface area contributed by atoms with Crippen molar-refractivity contribution in [2.45, 2.75) is 83.3 Å². The van der Waals surface area contributed by atoms with Crippen LogP contribution < -0.4 is 5.09 Å². The lowest BCUT2D eigenvalue weighted by Crippen LogP contribution is -2.23. The largest absolute Gasteiger partial charge is 0.433 e. The number of anilines is 1. The Hall–Kier alpha value is -0.830. The Labute approximate surface area is 145 Å². The van der Waals surface area contributed by atoms with Crippen molar-refractivity contribution in [1.82, 2.24) is 0 Å². The van der Waals surface area contributed by atoms with Crippen molar-refractivity contribution < 1.29 is 13.6 Å². The zero-order valence-electron chi connectivity index (χ0n) is 14.7. The fraction of sp³-hybridized carbons (Fsp3) is 0.684. The van der Waals surface area contributed by atoms with E-state index in [0.29, 0.717) is 0 Å². The predicted molar refractivity (Wildman–Crippen MR) is 98.3 cm³/mol. The topological polar surface area (TPSA) is 47.6 Å². The van der Waals surface area contributed by atoms with Gasteiger partial charge in [-0.15, -0.1) is 0 Å². The number of aryl methyl sites for hydroxylation is 1. The van der Waals surface area contributed by atoms with Crippen molar-refractivity contribution in [3.05, 3.63) is 29.8 Å². The minimum absolute atomic E-state index is 0.0460. The first-order chi connectivity index (χ1) is 11.6. The van der Waals surface area contributed by atoms with Gasteiger partial charge in [-0.1, -0.05) is 56.7 Å². The summed E-state index contributed by atoms with van der Waals surface area (Å²) in [7, 11) is -3.36. The van der Waals surface area contributed by atoms with E-state index in [1.165, 1.54) is 12.8 Å². The highest BCUT2D eigenvalue weighted by atomic mass is 31.2. The van der Waals surface area contributed by atoms with Gasteiger partial charge in [0.25, 0.3) is 0 Å². The van der Waals surface area contributed by atoms with Gasteiger partial charge < -0.3 is 0 Å². The summed E-state index contributed by atoms with van der Waals surface area (Å²) in [4.78, 5) is 0. The van der Waals surface area contributed by atoms with Gasteiger partial charge in [0.1, 0.15) is 0 Å². The van der Waals surface area contributed by atoms with E-state index in [2.05, 4.69) is 5.09 Å². The summed E-state index contributed by atoms with van der Waals surface area (Å²) in [5.74, 6) is 0. The SMILES string of the molecule is Cc1ccccc1NP(=O)(OC1CCCCC1)OC1CCCCC1. The Morgan fingerprint density at radius 1 is 0.875 bits per heavy atom. The molecule has 3 rings (SSSR count). The van der Waals surface area contributed by atoms with Crippen LogP contribution in [0, 0.1) is 6.92 Å². The third-order valence-electron chi connectivity index (χ3n) is 5.08. The Morgan fingerprint density at radius 2 is 1.38 bits per heavy atom. The second-order valence-electron chi connectivity index (χ2n) is 7.16. The molecule has 0 amide bonds. The number of nitrogens with one attached hydrogen (secondary N) is 1. The number of para-hydroxylation sites is 1. The molecule has 2 aliphatic rings. The Bertz CT molecular complexity index is 541. The molecular weight excluding hydrogens is 321 g/mol. The van der Waals surface area contributed by atoms with Gasteiger partial charge >= 0.3 is 7.75 Å². The van der Waals surface area contributed by atoms with Crippen LogP contribution >= 0.6 is 7.75 Å². The minimum Gasteiger partial charge on any atom is -0.293 e. The number of hydrogen-bond acceptors (Lipinski definition) is 3. The van der Waals surface area contributed by atoms with Crippen molar-refractivity contribution in [3.63, 3.8) is 0 Å². The maximum absolute atomic E-state index is 13.5. The molecule has 0 aromatic heterocycles. The van der Waals surface area contributed by atoms with E-state index < -0.39 is 7.75 Å². The van der Waals surface area contributed by atoms with E-state index in [1.54, 1.807) is 0 Å². The summed E-state index contributed by atoms with van der Waals surface area (Å²) >= 11 is 0. The first kappa shape index (κ1) is 18.0. The van der Waals surface area contributed by atoms with Crippen LogP contribution in [-0.4, -0.2) is 12.2 Å². The molecule has 2 aliphatic carbocycles. The molecule has 0 aliphatic heterocycles. The Balaban J connectivity index is 1.73. The van der Waals surface area contributed by atoms with E-state index in [9.17, 15) is 4.57 Å². The highest BCUT2D eigenvalue weighted by Crippen LogP contribution is 2.53. The van der Waals surface area contributed by atoms with E-state index >= 15 is 0 Å². The first-order valence-electron chi connectivity index (χ1n) is 9.45. The summed E-state index contributed by atoms with van der Waals surface area (Å²) in [6.45, 7) is 2.01. The van der Waals surface area contributed by atoms with Crippen molar-refractivity contribution in [2.24, 2.45) is 0 Å². The van der Waals surface area contributed by atoms with Gasteiger partial charge in [-0.2, -0.15) is 0 Å². The van der Waals surface area contributed by atoms with E-state index in [4.69, 9.17) is 9.05 Å². The zero-order chi connectivity index (χ0) is 16.8. The molecule has 0 atom stereocenters. The average molecular weight is 351 g/mol. The smallest absolute Gasteiger partial charge is 0.293 e. The third kappa shape index (κ3) is 5.08.